The van der Waals surface area contributed by atoms with Crippen molar-refractivity contribution in [2.45, 2.75) is 12.8 Å². The van der Waals surface area contributed by atoms with Crippen LogP contribution >= 0.6 is 23.2 Å². The fraction of sp³-hybridized carbons (Fsp3) is 0.176. The van der Waals surface area contributed by atoms with E-state index in [4.69, 9.17) is 23.2 Å². The zero-order chi connectivity index (χ0) is 17.3. The number of anilines is 2. The van der Waals surface area contributed by atoms with Crippen molar-refractivity contribution in [3.8, 4) is 0 Å². The van der Waals surface area contributed by atoms with Crippen molar-refractivity contribution < 1.29 is 14.0 Å². The third-order valence-corrected chi connectivity index (χ3v) is 4.53. The Morgan fingerprint density at radius 2 is 1.54 bits per heavy atom. The molecule has 4 nitrogen and oxygen atoms in total. The van der Waals surface area contributed by atoms with E-state index >= 15 is 0 Å². The Morgan fingerprint density at radius 1 is 0.958 bits per heavy atom. The zero-order valence-electron chi connectivity index (χ0n) is 12.4. The lowest BCUT2D eigenvalue weighted by molar-refractivity contribution is -0.131. The molecule has 0 aliphatic heterocycles. The van der Waals surface area contributed by atoms with Crippen molar-refractivity contribution in [3.63, 3.8) is 0 Å². The number of rotatable bonds is 4. The summed E-state index contributed by atoms with van der Waals surface area (Å²) < 4.78 is 13.2. The fourth-order valence-corrected chi connectivity index (χ4v) is 2.84. The van der Waals surface area contributed by atoms with Gasteiger partial charge < -0.3 is 10.6 Å². The summed E-state index contributed by atoms with van der Waals surface area (Å²) >= 11 is 12.1. The predicted molar refractivity (Wildman–Crippen MR) is 91.8 cm³/mol. The van der Waals surface area contributed by atoms with E-state index in [0.717, 1.165) is 0 Å². The molecule has 0 bridgehead atoms. The largest absolute Gasteiger partial charge is 0.325 e. The average molecular weight is 367 g/mol. The normalized spacial score (nSPS) is 14.8. The summed E-state index contributed by atoms with van der Waals surface area (Å²) in [6, 6.07) is 10.3. The Morgan fingerprint density at radius 3 is 2.12 bits per heavy atom. The first-order chi connectivity index (χ1) is 11.4. The van der Waals surface area contributed by atoms with Gasteiger partial charge in [0.25, 0.3) is 0 Å². The van der Waals surface area contributed by atoms with Gasteiger partial charge in [0.1, 0.15) is 11.2 Å². The molecule has 0 atom stereocenters. The number of carbonyl (C=O) groups excluding carboxylic acids is 2. The Hall–Kier alpha value is -2.11. The highest BCUT2D eigenvalue weighted by molar-refractivity contribution is 6.40. The minimum atomic E-state index is -1.19. The maximum Gasteiger partial charge on any atom is 0.240 e. The van der Waals surface area contributed by atoms with Crippen molar-refractivity contribution in [1.82, 2.24) is 0 Å². The van der Waals surface area contributed by atoms with Crippen LogP contribution in [0.15, 0.2) is 42.5 Å². The molecule has 124 valence electrons. The third-order valence-electron chi connectivity index (χ3n) is 3.90. The van der Waals surface area contributed by atoms with Crippen LogP contribution < -0.4 is 10.6 Å². The standard InChI is InChI=1S/C17H13Cl2FN2O2/c18-12-5-2-6-13(19)14(12)22-16(24)17(7-8-17)15(23)21-11-4-1-3-10(20)9-11/h1-6,9H,7-8H2,(H,21,23)(H,22,24). The van der Waals surface area contributed by atoms with Gasteiger partial charge >= 0.3 is 0 Å². The molecule has 0 spiro atoms. The van der Waals surface area contributed by atoms with Gasteiger partial charge in [0.15, 0.2) is 0 Å². The van der Waals surface area contributed by atoms with Gasteiger partial charge in [-0.1, -0.05) is 35.3 Å². The molecule has 24 heavy (non-hydrogen) atoms. The Balaban J connectivity index is 1.75. The number of hydrogen-bond acceptors (Lipinski definition) is 2. The summed E-state index contributed by atoms with van der Waals surface area (Å²) in [6.45, 7) is 0. The average Bonchev–Trinajstić information content (AvgIpc) is 3.33. The molecule has 0 aromatic heterocycles. The van der Waals surface area contributed by atoms with Crippen LogP contribution in [0.3, 0.4) is 0 Å². The van der Waals surface area contributed by atoms with Crippen molar-refractivity contribution in [2.24, 2.45) is 5.41 Å². The molecule has 1 saturated carbocycles. The fourth-order valence-electron chi connectivity index (χ4n) is 2.35. The molecular weight excluding hydrogens is 354 g/mol. The van der Waals surface area contributed by atoms with E-state index in [1.165, 1.54) is 18.2 Å². The Labute approximate surface area is 148 Å². The van der Waals surface area contributed by atoms with Crippen LogP contribution in [-0.2, 0) is 9.59 Å². The van der Waals surface area contributed by atoms with Gasteiger partial charge in [0.05, 0.1) is 15.7 Å². The van der Waals surface area contributed by atoms with Crippen LogP contribution in [0, 0.1) is 11.2 Å². The van der Waals surface area contributed by atoms with Crippen LogP contribution in [0.1, 0.15) is 12.8 Å². The SMILES string of the molecule is O=C(Nc1cccc(F)c1)C1(C(=O)Nc2c(Cl)cccc2Cl)CC1. The summed E-state index contributed by atoms with van der Waals surface area (Å²) in [7, 11) is 0. The predicted octanol–water partition coefficient (Wildman–Crippen LogP) is 4.49. The molecule has 2 aromatic carbocycles. The highest BCUT2D eigenvalue weighted by atomic mass is 35.5. The minimum absolute atomic E-state index is 0.274. The van der Waals surface area contributed by atoms with E-state index in [0.29, 0.717) is 18.5 Å². The monoisotopic (exact) mass is 366 g/mol. The first kappa shape index (κ1) is 16.7. The van der Waals surface area contributed by atoms with E-state index in [9.17, 15) is 14.0 Å². The molecule has 2 aromatic rings. The van der Waals surface area contributed by atoms with Gasteiger partial charge in [0.2, 0.25) is 11.8 Å². The van der Waals surface area contributed by atoms with E-state index in [-0.39, 0.29) is 15.7 Å². The van der Waals surface area contributed by atoms with E-state index in [2.05, 4.69) is 10.6 Å². The number of carbonyl (C=O) groups is 2. The lowest BCUT2D eigenvalue weighted by atomic mass is 10.0. The molecule has 1 aliphatic rings. The zero-order valence-corrected chi connectivity index (χ0v) is 13.9. The number of benzene rings is 2. The second kappa shape index (κ2) is 6.42. The maximum atomic E-state index is 13.2. The van der Waals surface area contributed by atoms with Gasteiger partial charge in [-0.3, -0.25) is 9.59 Å². The van der Waals surface area contributed by atoms with Gasteiger partial charge in [-0.15, -0.1) is 0 Å². The second-order valence-electron chi connectivity index (χ2n) is 5.60. The van der Waals surface area contributed by atoms with E-state index < -0.39 is 23.0 Å². The Bertz CT molecular complexity index is 802. The number of hydrogen-bond donors (Lipinski definition) is 2. The molecule has 0 heterocycles. The van der Waals surface area contributed by atoms with Crippen molar-refractivity contribution in [2.75, 3.05) is 10.6 Å². The topological polar surface area (TPSA) is 58.2 Å². The van der Waals surface area contributed by atoms with Crippen molar-refractivity contribution >= 4 is 46.4 Å². The van der Waals surface area contributed by atoms with Crippen LogP contribution in [0.5, 0.6) is 0 Å². The first-order valence-corrected chi connectivity index (χ1v) is 8.00. The number of amides is 2. The van der Waals surface area contributed by atoms with Gasteiger partial charge in [-0.25, -0.2) is 4.39 Å². The second-order valence-corrected chi connectivity index (χ2v) is 6.41. The molecule has 0 radical (unpaired) electrons. The summed E-state index contributed by atoms with van der Waals surface area (Å²) in [5.74, 6) is -1.43. The highest BCUT2D eigenvalue weighted by Crippen LogP contribution is 2.48. The third kappa shape index (κ3) is 3.23. The Kier molecular flexibility index (Phi) is 4.47. The quantitative estimate of drug-likeness (QED) is 0.783. The highest BCUT2D eigenvalue weighted by Gasteiger charge is 2.56. The van der Waals surface area contributed by atoms with Crippen molar-refractivity contribution in [1.29, 1.82) is 0 Å². The number of para-hydroxylation sites is 1. The van der Waals surface area contributed by atoms with Crippen LogP contribution in [-0.4, -0.2) is 11.8 Å². The summed E-state index contributed by atoms with van der Waals surface area (Å²) in [5.41, 5.74) is -0.611. The molecule has 1 aliphatic carbocycles. The summed E-state index contributed by atoms with van der Waals surface area (Å²) in [6.07, 6.45) is 0.810. The molecule has 2 amide bonds. The van der Waals surface area contributed by atoms with Gasteiger partial charge in [-0.2, -0.15) is 0 Å². The molecule has 0 unspecified atom stereocenters. The van der Waals surface area contributed by atoms with E-state index in [1.54, 1.807) is 24.3 Å². The van der Waals surface area contributed by atoms with Crippen LogP contribution in [0.4, 0.5) is 15.8 Å². The molecule has 0 saturated heterocycles. The van der Waals surface area contributed by atoms with E-state index in [1.807, 2.05) is 0 Å². The molecular formula is C17H13Cl2FN2O2. The molecule has 3 rings (SSSR count). The smallest absolute Gasteiger partial charge is 0.240 e. The lowest BCUT2D eigenvalue weighted by Gasteiger charge is -2.16. The molecule has 1 fully saturated rings. The first-order valence-electron chi connectivity index (χ1n) is 7.25. The van der Waals surface area contributed by atoms with Crippen molar-refractivity contribution in [3.05, 3.63) is 58.3 Å². The summed E-state index contributed by atoms with van der Waals surface area (Å²) in [4.78, 5) is 25.0. The number of halogens is 3. The van der Waals surface area contributed by atoms with Gasteiger partial charge in [0, 0.05) is 5.69 Å². The lowest BCUT2D eigenvalue weighted by Crippen LogP contribution is -2.35. The minimum Gasteiger partial charge on any atom is -0.325 e. The van der Waals surface area contributed by atoms with Gasteiger partial charge in [-0.05, 0) is 43.2 Å². The van der Waals surface area contributed by atoms with Crippen LogP contribution in [0.2, 0.25) is 10.0 Å². The summed E-state index contributed by atoms with van der Waals surface area (Å²) in [5, 5.41) is 5.78. The maximum absolute atomic E-state index is 13.2. The molecule has 2 N–H and O–H groups in total. The molecule has 7 heteroatoms. The number of nitrogens with one attached hydrogen (secondary N) is 2. The van der Waals surface area contributed by atoms with Crippen LogP contribution in [0.25, 0.3) is 0 Å².